The molecule has 27 heavy (non-hydrogen) atoms. The van der Waals surface area contributed by atoms with E-state index in [2.05, 4.69) is 10.3 Å². The van der Waals surface area contributed by atoms with Gasteiger partial charge < -0.3 is 20.5 Å². The first kappa shape index (κ1) is 20.9. The maximum atomic E-state index is 14.5. The van der Waals surface area contributed by atoms with Crippen LogP contribution in [0.4, 0.5) is 20.2 Å². The van der Waals surface area contributed by atoms with Gasteiger partial charge in [-0.3, -0.25) is 4.99 Å². The van der Waals surface area contributed by atoms with E-state index in [-0.39, 0.29) is 38.0 Å². The van der Waals surface area contributed by atoms with Crippen molar-refractivity contribution in [2.75, 3.05) is 31.8 Å². The standard InChI is InChI=1S/C19H21F2N3O2.ClH/c1-19(12-25-11-18(22)24-19)14-10-13(6-7-15(14)21)23-16-4-2-3-5-17(16)26-9-8-20;/h2-7,10,23H,8-9,11-12H2,1H3,(H2,22,24);1H/t19-;/m0./s1. The molecular formula is C19H22ClF2N3O2. The zero-order valence-corrected chi connectivity index (χ0v) is 15.7. The van der Waals surface area contributed by atoms with E-state index in [9.17, 15) is 8.78 Å². The third-order valence-corrected chi connectivity index (χ3v) is 4.07. The van der Waals surface area contributed by atoms with Crippen LogP contribution in [0.2, 0.25) is 0 Å². The van der Waals surface area contributed by atoms with Crippen molar-refractivity contribution >= 4 is 29.6 Å². The van der Waals surface area contributed by atoms with Gasteiger partial charge in [-0.15, -0.1) is 12.4 Å². The third-order valence-electron chi connectivity index (χ3n) is 4.07. The average Bonchev–Trinajstić information content (AvgIpc) is 2.62. The Morgan fingerprint density at radius 3 is 2.81 bits per heavy atom. The van der Waals surface area contributed by atoms with E-state index in [1.807, 2.05) is 6.07 Å². The summed E-state index contributed by atoms with van der Waals surface area (Å²) >= 11 is 0. The van der Waals surface area contributed by atoms with E-state index >= 15 is 0 Å². The largest absolute Gasteiger partial charge is 0.489 e. The Bertz CT molecular complexity index is 819. The van der Waals surface area contributed by atoms with Crippen LogP contribution in [0.15, 0.2) is 47.5 Å². The van der Waals surface area contributed by atoms with Gasteiger partial charge in [-0.25, -0.2) is 8.78 Å². The van der Waals surface area contributed by atoms with Crippen LogP contribution in [0.1, 0.15) is 12.5 Å². The lowest BCUT2D eigenvalue weighted by Crippen LogP contribution is -2.38. The Morgan fingerprint density at radius 1 is 1.30 bits per heavy atom. The van der Waals surface area contributed by atoms with Crippen LogP contribution < -0.4 is 15.8 Å². The van der Waals surface area contributed by atoms with Crippen molar-refractivity contribution in [2.24, 2.45) is 10.7 Å². The number of halogens is 3. The van der Waals surface area contributed by atoms with Gasteiger partial charge in [0, 0.05) is 11.3 Å². The number of rotatable bonds is 6. The molecular weight excluding hydrogens is 376 g/mol. The molecule has 0 radical (unpaired) electrons. The molecule has 2 aromatic rings. The molecule has 0 saturated carbocycles. The molecule has 1 atom stereocenters. The number of ether oxygens (including phenoxy) is 2. The number of alkyl halides is 1. The smallest absolute Gasteiger partial charge is 0.142 e. The minimum atomic E-state index is -0.894. The minimum absolute atomic E-state index is 0. The quantitative estimate of drug-likeness (QED) is 0.774. The molecule has 1 heterocycles. The molecule has 0 unspecified atom stereocenters. The van der Waals surface area contributed by atoms with Gasteiger partial charge >= 0.3 is 0 Å². The van der Waals surface area contributed by atoms with Crippen molar-refractivity contribution in [1.82, 2.24) is 0 Å². The first-order valence-corrected chi connectivity index (χ1v) is 8.28. The normalized spacial score (nSPS) is 19.0. The van der Waals surface area contributed by atoms with E-state index < -0.39 is 12.2 Å². The number of hydrogen-bond donors (Lipinski definition) is 2. The Labute approximate surface area is 163 Å². The number of aliphatic imine (C=N–C) groups is 1. The maximum Gasteiger partial charge on any atom is 0.142 e. The fourth-order valence-corrected chi connectivity index (χ4v) is 2.89. The predicted octanol–water partition coefficient (Wildman–Crippen LogP) is 3.94. The highest BCUT2D eigenvalue weighted by molar-refractivity contribution is 5.85. The molecule has 0 amide bonds. The summed E-state index contributed by atoms with van der Waals surface area (Å²) in [5.41, 5.74) is 6.56. The van der Waals surface area contributed by atoms with Crippen molar-refractivity contribution < 1.29 is 18.3 Å². The van der Waals surface area contributed by atoms with Crippen LogP contribution in [0, 0.1) is 5.82 Å². The fourth-order valence-electron chi connectivity index (χ4n) is 2.89. The highest BCUT2D eigenvalue weighted by Crippen LogP contribution is 2.34. The summed E-state index contributed by atoms with van der Waals surface area (Å²) in [6.45, 7) is 1.65. The van der Waals surface area contributed by atoms with Crippen LogP contribution in [-0.2, 0) is 10.3 Å². The summed E-state index contributed by atoms with van der Waals surface area (Å²) in [5.74, 6) is 0.467. The van der Waals surface area contributed by atoms with Gasteiger partial charge in [0.05, 0.1) is 12.3 Å². The van der Waals surface area contributed by atoms with Crippen molar-refractivity contribution in [3.63, 3.8) is 0 Å². The zero-order valence-electron chi connectivity index (χ0n) is 14.9. The van der Waals surface area contributed by atoms with Gasteiger partial charge in [0.15, 0.2) is 0 Å². The monoisotopic (exact) mass is 397 g/mol. The SMILES string of the molecule is C[C@@]1(c2cc(Nc3ccccc3OCCF)ccc2F)COCC(N)=N1.Cl. The molecule has 2 aromatic carbocycles. The van der Waals surface area contributed by atoms with Gasteiger partial charge in [0.25, 0.3) is 0 Å². The number of anilines is 2. The summed E-state index contributed by atoms with van der Waals surface area (Å²) in [7, 11) is 0. The predicted molar refractivity (Wildman–Crippen MR) is 105 cm³/mol. The number of para-hydroxylation sites is 2. The second-order valence-corrected chi connectivity index (χ2v) is 6.22. The summed E-state index contributed by atoms with van der Waals surface area (Å²) < 4.78 is 37.7. The van der Waals surface area contributed by atoms with Crippen LogP contribution in [0.5, 0.6) is 5.75 Å². The van der Waals surface area contributed by atoms with Crippen molar-refractivity contribution in [2.45, 2.75) is 12.5 Å². The Kier molecular flexibility index (Phi) is 6.98. The van der Waals surface area contributed by atoms with Crippen LogP contribution >= 0.6 is 12.4 Å². The maximum absolute atomic E-state index is 14.5. The number of nitrogens with zero attached hydrogens (tertiary/aromatic N) is 1. The summed E-state index contributed by atoms with van der Waals surface area (Å²) in [4.78, 5) is 4.39. The van der Waals surface area contributed by atoms with Gasteiger partial charge in [0.2, 0.25) is 0 Å². The van der Waals surface area contributed by atoms with E-state index in [1.165, 1.54) is 6.07 Å². The second-order valence-electron chi connectivity index (χ2n) is 6.22. The number of amidine groups is 1. The summed E-state index contributed by atoms with van der Waals surface area (Å²) in [6, 6.07) is 11.8. The van der Waals surface area contributed by atoms with Crippen molar-refractivity contribution in [3.8, 4) is 5.75 Å². The molecule has 5 nitrogen and oxygen atoms in total. The lowest BCUT2D eigenvalue weighted by molar-refractivity contribution is 0.104. The molecule has 8 heteroatoms. The molecule has 146 valence electrons. The van der Waals surface area contributed by atoms with E-state index in [4.69, 9.17) is 15.2 Å². The molecule has 0 spiro atoms. The average molecular weight is 398 g/mol. The van der Waals surface area contributed by atoms with E-state index in [0.29, 0.717) is 28.5 Å². The van der Waals surface area contributed by atoms with Crippen LogP contribution in [0.25, 0.3) is 0 Å². The van der Waals surface area contributed by atoms with Crippen molar-refractivity contribution in [3.05, 3.63) is 53.8 Å². The van der Waals surface area contributed by atoms with Crippen LogP contribution in [-0.4, -0.2) is 32.3 Å². The fraction of sp³-hybridized carbons (Fsp3) is 0.316. The van der Waals surface area contributed by atoms with Gasteiger partial charge in [-0.05, 0) is 37.3 Å². The second kappa shape index (κ2) is 9.01. The topological polar surface area (TPSA) is 68.9 Å². The molecule has 3 N–H and O–H groups in total. The molecule has 0 fully saturated rings. The Balaban J connectivity index is 0.00000261. The Hall–Kier alpha value is -2.38. The minimum Gasteiger partial charge on any atom is -0.489 e. The molecule has 1 aliphatic heterocycles. The first-order chi connectivity index (χ1) is 12.5. The first-order valence-electron chi connectivity index (χ1n) is 8.28. The highest BCUT2D eigenvalue weighted by atomic mass is 35.5. The molecule has 0 aromatic heterocycles. The third kappa shape index (κ3) is 4.87. The van der Waals surface area contributed by atoms with Crippen molar-refractivity contribution in [1.29, 1.82) is 0 Å². The molecule has 0 bridgehead atoms. The molecule has 1 aliphatic rings. The van der Waals surface area contributed by atoms with E-state index in [0.717, 1.165) is 0 Å². The van der Waals surface area contributed by atoms with Crippen LogP contribution in [0.3, 0.4) is 0 Å². The number of hydrogen-bond acceptors (Lipinski definition) is 5. The zero-order chi connectivity index (χ0) is 18.6. The summed E-state index contributed by atoms with van der Waals surface area (Å²) in [6.07, 6.45) is 0. The molecule has 0 aliphatic carbocycles. The van der Waals surface area contributed by atoms with Gasteiger partial charge in [-0.2, -0.15) is 0 Å². The molecule has 0 saturated heterocycles. The Morgan fingerprint density at radius 2 is 2.07 bits per heavy atom. The lowest BCUT2D eigenvalue weighted by Gasteiger charge is -2.30. The number of nitrogens with two attached hydrogens (primary N) is 1. The number of benzene rings is 2. The van der Waals surface area contributed by atoms with Gasteiger partial charge in [-0.1, -0.05) is 12.1 Å². The summed E-state index contributed by atoms with van der Waals surface area (Å²) in [5, 5.41) is 3.18. The lowest BCUT2D eigenvalue weighted by atomic mass is 9.91. The highest BCUT2D eigenvalue weighted by Gasteiger charge is 2.32. The van der Waals surface area contributed by atoms with E-state index in [1.54, 1.807) is 37.3 Å². The van der Waals surface area contributed by atoms with Gasteiger partial charge in [0.1, 0.15) is 42.8 Å². The molecule has 3 rings (SSSR count). The number of nitrogens with one attached hydrogen (secondary N) is 1.